The first-order valence-electron chi connectivity index (χ1n) is 10.7. The van der Waals surface area contributed by atoms with E-state index in [2.05, 4.69) is 24.5 Å². The van der Waals surface area contributed by atoms with E-state index in [1.54, 1.807) is 36.4 Å². The lowest BCUT2D eigenvalue weighted by molar-refractivity contribution is -0.113. The van der Waals surface area contributed by atoms with Gasteiger partial charge < -0.3 is 20.5 Å². The van der Waals surface area contributed by atoms with Crippen molar-refractivity contribution in [2.45, 2.75) is 19.8 Å². The molecule has 0 aromatic heterocycles. The number of hydrogen-bond acceptors (Lipinski definition) is 4. The molecular weight excluding hydrogens is 432 g/mol. The van der Waals surface area contributed by atoms with Crippen molar-refractivity contribution in [2.24, 2.45) is 0 Å². The molecule has 174 valence electrons. The first-order chi connectivity index (χ1) is 16.3. The molecule has 0 atom stereocenters. The fourth-order valence-corrected chi connectivity index (χ4v) is 3.21. The second kappa shape index (κ2) is 11.0. The highest BCUT2D eigenvalue weighted by Crippen LogP contribution is 2.26. The summed E-state index contributed by atoms with van der Waals surface area (Å²) in [7, 11) is 1.41. The third kappa shape index (κ3) is 6.10. The fraction of sp³-hybridized carbons (Fsp3) is 0.148. The van der Waals surface area contributed by atoms with Crippen molar-refractivity contribution in [1.82, 2.24) is 5.32 Å². The van der Waals surface area contributed by atoms with Crippen LogP contribution in [0.4, 0.5) is 5.69 Å². The van der Waals surface area contributed by atoms with E-state index in [1.165, 1.54) is 25.3 Å². The van der Waals surface area contributed by atoms with E-state index in [0.29, 0.717) is 17.0 Å². The van der Waals surface area contributed by atoms with E-state index in [1.807, 2.05) is 24.3 Å². The standard InChI is InChI=1S/C27H26N2O5/c1-17(2)19-11-9-18(10-12-19)15-23(29-25(30)20-7-5-4-6-8-20)26(31)28-22-16-21(27(32)33)13-14-24(22)34-3/h4-17H,1-3H3,(H,28,31)(H,29,30)(H,32,33). The van der Waals surface area contributed by atoms with E-state index >= 15 is 0 Å². The van der Waals surface area contributed by atoms with Crippen molar-refractivity contribution in [3.63, 3.8) is 0 Å². The van der Waals surface area contributed by atoms with Crippen molar-refractivity contribution in [3.05, 3.63) is 101 Å². The highest BCUT2D eigenvalue weighted by atomic mass is 16.5. The zero-order chi connectivity index (χ0) is 24.7. The van der Waals surface area contributed by atoms with E-state index in [9.17, 15) is 19.5 Å². The molecule has 3 rings (SSSR count). The van der Waals surface area contributed by atoms with Crippen LogP contribution in [0.5, 0.6) is 5.75 Å². The molecule has 7 heteroatoms. The van der Waals surface area contributed by atoms with Gasteiger partial charge in [0.1, 0.15) is 11.4 Å². The van der Waals surface area contributed by atoms with Crippen LogP contribution in [0, 0.1) is 0 Å². The van der Waals surface area contributed by atoms with Crippen LogP contribution in [-0.2, 0) is 4.79 Å². The summed E-state index contributed by atoms with van der Waals surface area (Å²) in [6.07, 6.45) is 1.56. The van der Waals surface area contributed by atoms with Crippen LogP contribution in [0.2, 0.25) is 0 Å². The number of carboxylic acid groups (broad SMARTS) is 1. The molecule has 34 heavy (non-hydrogen) atoms. The Hall–Kier alpha value is -4.39. The largest absolute Gasteiger partial charge is 0.495 e. The maximum Gasteiger partial charge on any atom is 0.335 e. The van der Waals surface area contributed by atoms with Gasteiger partial charge in [0, 0.05) is 5.56 Å². The Morgan fingerprint density at radius 2 is 1.59 bits per heavy atom. The minimum Gasteiger partial charge on any atom is -0.495 e. The molecule has 0 bridgehead atoms. The van der Waals surface area contributed by atoms with Crippen LogP contribution < -0.4 is 15.4 Å². The Balaban J connectivity index is 1.95. The maximum atomic E-state index is 13.2. The van der Waals surface area contributed by atoms with Gasteiger partial charge in [0.2, 0.25) is 0 Å². The Bertz CT molecular complexity index is 1220. The summed E-state index contributed by atoms with van der Waals surface area (Å²) in [5.74, 6) is -1.58. The summed E-state index contributed by atoms with van der Waals surface area (Å²) < 4.78 is 5.25. The number of carboxylic acids is 1. The summed E-state index contributed by atoms with van der Waals surface area (Å²) in [5, 5.41) is 14.6. The zero-order valence-electron chi connectivity index (χ0n) is 19.2. The number of methoxy groups -OCH3 is 1. The molecule has 0 saturated heterocycles. The normalized spacial score (nSPS) is 11.1. The Morgan fingerprint density at radius 1 is 0.912 bits per heavy atom. The van der Waals surface area contributed by atoms with Gasteiger partial charge in [-0.15, -0.1) is 0 Å². The quantitative estimate of drug-likeness (QED) is 0.415. The maximum absolute atomic E-state index is 13.2. The molecule has 0 fully saturated rings. The van der Waals surface area contributed by atoms with Crippen molar-refractivity contribution in [1.29, 1.82) is 0 Å². The van der Waals surface area contributed by atoms with Gasteiger partial charge in [-0.3, -0.25) is 9.59 Å². The zero-order valence-corrected chi connectivity index (χ0v) is 19.2. The Labute approximate surface area is 198 Å². The second-order valence-electron chi connectivity index (χ2n) is 7.87. The number of rotatable bonds is 8. The number of aromatic carboxylic acids is 1. The summed E-state index contributed by atoms with van der Waals surface area (Å²) in [4.78, 5) is 37.4. The van der Waals surface area contributed by atoms with E-state index in [-0.39, 0.29) is 22.7 Å². The smallest absolute Gasteiger partial charge is 0.335 e. The van der Waals surface area contributed by atoms with Crippen molar-refractivity contribution < 1.29 is 24.2 Å². The number of benzene rings is 3. The first kappa shape index (κ1) is 24.3. The number of carbonyl (C=O) groups is 3. The average Bonchev–Trinajstić information content (AvgIpc) is 2.84. The van der Waals surface area contributed by atoms with E-state index < -0.39 is 17.8 Å². The summed E-state index contributed by atoms with van der Waals surface area (Å²) in [6.45, 7) is 4.17. The molecule has 3 aromatic rings. The van der Waals surface area contributed by atoms with Gasteiger partial charge in [-0.25, -0.2) is 4.79 Å². The fourth-order valence-electron chi connectivity index (χ4n) is 3.21. The molecule has 3 aromatic carbocycles. The Morgan fingerprint density at radius 3 is 2.18 bits per heavy atom. The molecule has 0 aliphatic heterocycles. The Kier molecular flexibility index (Phi) is 7.82. The van der Waals surface area contributed by atoms with Crippen LogP contribution in [0.3, 0.4) is 0 Å². The molecule has 0 heterocycles. The van der Waals surface area contributed by atoms with Gasteiger partial charge in [0.05, 0.1) is 18.4 Å². The molecule has 2 amide bonds. The van der Waals surface area contributed by atoms with Crippen LogP contribution in [0.15, 0.2) is 78.5 Å². The molecule has 0 spiro atoms. The van der Waals surface area contributed by atoms with Gasteiger partial charge in [-0.05, 0) is 53.5 Å². The molecule has 0 unspecified atom stereocenters. The van der Waals surface area contributed by atoms with Crippen LogP contribution in [0.1, 0.15) is 51.6 Å². The third-order valence-corrected chi connectivity index (χ3v) is 5.14. The number of amides is 2. The van der Waals surface area contributed by atoms with Gasteiger partial charge in [0.25, 0.3) is 11.8 Å². The predicted molar refractivity (Wildman–Crippen MR) is 131 cm³/mol. The number of carbonyl (C=O) groups excluding carboxylic acids is 2. The summed E-state index contributed by atoms with van der Waals surface area (Å²) in [5.41, 5.74) is 2.40. The van der Waals surface area contributed by atoms with E-state index in [4.69, 9.17) is 4.74 Å². The highest BCUT2D eigenvalue weighted by molar-refractivity contribution is 6.11. The monoisotopic (exact) mass is 458 g/mol. The summed E-state index contributed by atoms with van der Waals surface area (Å²) in [6, 6.07) is 20.3. The number of nitrogens with one attached hydrogen (secondary N) is 2. The van der Waals surface area contributed by atoms with Gasteiger partial charge >= 0.3 is 5.97 Å². The molecule has 0 aliphatic carbocycles. The molecular formula is C27H26N2O5. The van der Waals surface area contributed by atoms with Crippen LogP contribution in [-0.4, -0.2) is 30.0 Å². The minimum atomic E-state index is -1.14. The second-order valence-corrected chi connectivity index (χ2v) is 7.87. The van der Waals surface area contributed by atoms with Crippen LogP contribution >= 0.6 is 0 Å². The van der Waals surface area contributed by atoms with Gasteiger partial charge in [-0.2, -0.15) is 0 Å². The van der Waals surface area contributed by atoms with Crippen molar-refractivity contribution in [3.8, 4) is 5.75 Å². The lowest BCUT2D eigenvalue weighted by Crippen LogP contribution is -2.30. The van der Waals surface area contributed by atoms with Crippen LogP contribution in [0.25, 0.3) is 6.08 Å². The third-order valence-electron chi connectivity index (χ3n) is 5.14. The van der Waals surface area contributed by atoms with Gasteiger partial charge in [0.15, 0.2) is 0 Å². The minimum absolute atomic E-state index is 0.00562. The lowest BCUT2D eigenvalue weighted by atomic mass is 10.0. The molecule has 0 radical (unpaired) electrons. The van der Waals surface area contributed by atoms with Crippen molar-refractivity contribution >= 4 is 29.5 Å². The lowest BCUT2D eigenvalue weighted by Gasteiger charge is -2.14. The highest BCUT2D eigenvalue weighted by Gasteiger charge is 2.18. The topological polar surface area (TPSA) is 105 Å². The van der Waals surface area contributed by atoms with Crippen molar-refractivity contribution in [2.75, 3.05) is 12.4 Å². The van der Waals surface area contributed by atoms with Gasteiger partial charge in [-0.1, -0.05) is 56.3 Å². The molecule has 3 N–H and O–H groups in total. The first-order valence-corrected chi connectivity index (χ1v) is 10.7. The number of ether oxygens (including phenoxy) is 1. The number of anilines is 1. The van der Waals surface area contributed by atoms with E-state index in [0.717, 1.165) is 5.56 Å². The number of hydrogen-bond donors (Lipinski definition) is 3. The molecule has 7 nitrogen and oxygen atoms in total. The average molecular weight is 459 g/mol. The predicted octanol–water partition coefficient (Wildman–Crippen LogP) is 4.93. The summed E-state index contributed by atoms with van der Waals surface area (Å²) >= 11 is 0. The SMILES string of the molecule is COc1ccc(C(=O)O)cc1NC(=O)C(=Cc1ccc(C(C)C)cc1)NC(=O)c1ccccc1. The molecule has 0 aliphatic rings. The molecule has 0 saturated carbocycles.